The fourth-order valence-corrected chi connectivity index (χ4v) is 8.54. The molecule has 2 aliphatic heterocycles. The molecular weight excluding hydrogens is 546 g/mol. The van der Waals surface area contributed by atoms with Crippen molar-refractivity contribution in [3.8, 4) is 5.75 Å². The molecule has 39 heavy (non-hydrogen) atoms. The van der Waals surface area contributed by atoms with Crippen molar-refractivity contribution in [2.45, 2.75) is 64.4 Å². The van der Waals surface area contributed by atoms with E-state index in [1.807, 2.05) is 0 Å². The molecule has 1 saturated carbocycles. The zero-order chi connectivity index (χ0) is 27.7. The van der Waals surface area contributed by atoms with E-state index in [-0.39, 0.29) is 34.6 Å². The first-order valence-corrected chi connectivity index (χ1v) is 16.1. The molecule has 5 rings (SSSR count). The number of sulfonamides is 1. The molecule has 1 aromatic heterocycles. The maximum absolute atomic E-state index is 12.9. The van der Waals surface area contributed by atoms with Gasteiger partial charge in [0.1, 0.15) is 23.4 Å². The molecule has 1 unspecified atom stereocenters. The highest BCUT2D eigenvalue weighted by atomic mass is 32.2. The van der Waals surface area contributed by atoms with Crippen molar-refractivity contribution in [2.75, 3.05) is 39.5 Å². The number of pyridine rings is 1. The van der Waals surface area contributed by atoms with E-state index in [0.29, 0.717) is 57.6 Å². The number of aliphatic hydroxyl groups excluding tert-OH is 2. The fraction of sp³-hybridized carbons (Fsp3) is 0.577. The summed E-state index contributed by atoms with van der Waals surface area (Å²) < 4.78 is 63.6. The predicted octanol–water partition coefficient (Wildman–Crippen LogP) is 0.722. The molecule has 3 heterocycles. The first kappa shape index (κ1) is 28.4. The number of rotatable bonds is 11. The van der Waals surface area contributed by atoms with Crippen LogP contribution in [0.4, 0.5) is 0 Å². The van der Waals surface area contributed by atoms with Crippen LogP contribution in [-0.2, 0) is 24.6 Å². The Bertz CT molecular complexity index is 1360. The van der Waals surface area contributed by atoms with Gasteiger partial charge in [0.2, 0.25) is 10.0 Å². The maximum Gasteiger partial charge on any atom is 0.244 e. The Hall–Kier alpha value is -2.13. The van der Waals surface area contributed by atoms with Gasteiger partial charge in [-0.2, -0.15) is 4.31 Å². The molecule has 0 amide bonds. The van der Waals surface area contributed by atoms with Gasteiger partial charge in [-0.3, -0.25) is 4.98 Å². The molecular formula is C26H35N3O8S2. The van der Waals surface area contributed by atoms with Crippen molar-refractivity contribution in [3.63, 3.8) is 0 Å². The van der Waals surface area contributed by atoms with Crippen molar-refractivity contribution in [3.05, 3.63) is 48.8 Å². The van der Waals surface area contributed by atoms with Gasteiger partial charge >= 0.3 is 0 Å². The number of sulfone groups is 1. The highest BCUT2D eigenvalue weighted by molar-refractivity contribution is 7.93. The van der Waals surface area contributed by atoms with Crippen LogP contribution < -0.4 is 10.1 Å². The third-order valence-electron chi connectivity index (χ3n) is 7.98. The van der Waals surface area contributed by atoms with Crippen LogP contribution >= 0.6 is 0 Å². The van der Waals surface area contributed by atoms with Crippen molar-refractivity contribution in [1.29, 1.82) is 0 Å². The smallest absolute Gasteiger partial charge is 0.244 e. The number of hydrogen-bond acceptors (Lipinski definition) is 10. The van der Waals surface area contributed by atoms with E-state index in [2.05, 4.69) is 10.3 Å². The SMILES string of the molecule is O=S(=O)(c1cccnc1)N1CCC2(CC1)C[C@@H](NCC(O)COc1cccc(S(=O)(=O)C3(CO)CC3)c1)CO2. The van der Waals surface area contributed by atoms with Crippen LogP contribution in [0.15, 0.2) is 58.6 Å². The number of hydrogen-bond donors (Lipinski definition) is 3. The van der Waals surface area contributed by atoms with Gasteiger partial charge in [-0.15, -0.1) is 0 Å². The highest BCUT2D eigenvalue weighted by Gasteiger charge is 2.54. The molecule has 3 N–H and O–H groups in total. The highest BCUT2D eigenvalue weighted by Crippen LogP contribution is 2.46. The Kier molecular flexibility index (Phi) is 8.04. The second-order valence-electron chi connectivity index (χ2n) is 10.7. The lowest BCUT2D eigenvalue weighted by molar-refractivity contribution is -0.0312. The monoisotopic (exact) mass is 581 g/mol. The van der Waals surface area contributed by atoms with Gasteiger partial charge < -0.3 is 25.0 Å². The summed E-state index contributed by atoms with van der Waals surface area (Å²) in [7, 11) is -7.24. The van der Waals surface area contributed by atoms with E-state index >= 15 is 0 Å². The second kappa shape index (κ2) is 11.0. The molecule has 0 bridgehead atoms. The van der Waals surface area contributed by atoms with Crippen molar-refractivity contribution < 1.29 is 36.5 Å². The van der Waals surface area contributed by atoms with Gasteiger partial charge in [0, 0.05) is 38.1 Å². The van der Waals surface area contributed by atoms with Gasteiger partial charge in [-0.25, -0.2) is 16.8 Å². The third-order valence-corrected chi connectivity index (χ3v) is 12.4. The second-order valence-corrected chi connectivity index (χ2v) is 15.0. The average Bonchev–Trinajstić information content (AvgIpc) is 3.68. The van der Waals surface area contributed by atoms with Gasteiger partial charge in [-0.05, 0) is 62.4 Å². The summed E-state index contributed by atoms with van der Waals surface area (Å²) in [6, 6.07) is 9.31. The minimum absolute atomic E-state index is 0.0165. The molecule has 3 fully saturated rings. The number of nitrogens with zero attached hydrogens (tertiary/aromatic N) is 2. The van der Waals surface area contributed by atoms with E-state index < -0.39 is 37.3 Å². The van der Waals surface area contributed by atoms with Gasteiger partial charge in [0.05, 0.1) is 28.5 Å². The lowest BCUT2D eigenvalue weighted by Crippen LogP contribution is -2.47. The molecule has 1 aliphatic carbocycles. The maximum atomic E-state index is 12.9. The van der Waals surface area contributed by atoms with Gasteiger partial charge in [0.25, 0.3) is 0 Å². The van der Waals surface area contributed by atoms with Crippen molar-refractivity contribution >= 4 is 19.9 Å². The topological polar surface area (TPSA) is 155 Å². The molecule has 1 aromatic carbocycles. The van der Waals surface area contributed by atoms with Crippen LogP contribution in [0.5, 0.6) is 5.75 Å². The Morgan fingerprint density at radius 3 is 2.51 bits per heavy atom. The van der Waals surface area contributed by atoms with Gasteiger partial charge in [-0.1, -0.05) is 6.07 Å². The number of aromatic nitrogens is 1. The Labute approximate surface area is 229 Å². The minimum atomic E-state index is -3.66. The standard InChI is InChI=1S/C26H35N3O8S2/c30-19-26(6-7-26)38(32,33)23-4-1-3-22(13-23)36-18-21(31)15-28-20-14-25(37-17-20)8-11-29(12-9-25)39(34,35)24-5-2-10-27-16-24/h1-5,10,13,16,20-21,28,30-31H,6-9,11-12,14-15,17-19H2/t20-,21?/m1/s1. The summed E-state index contributed by atoms with van der Waals surface area (Å²) >= 11 is 0. The fourth-order valence-electron chi connectivity index (χ4n) is 5.29. The Morgan fingerprint density at radius 2 is 1.85 bits per heavy atom. The number of nitrogens with one attached hydrogen (secondary N) is 1. The quantitative estimate of drug-likeness (QED) is 0.346. The number of benzene rings is 1. The van der Waals surface area contributed by atoms with Crippen LogP contribution in [0.25, 0.3) is 0 Å². The van der Waals surface area contributed by atoms with E-state index in [4.69, 9.17) is 9.47 Å². The van der Waals surface area contributed by atoms with Crippen molar-refractivity contribution in [2.24, 2.45) is 0 Å². The van der Waals surface area contributed by atoms with E-state index in [9.17, 15) is 27.0 Å². The minimum Gasteiger partial charge on any atom is -0.491 e. The van der Waals surface area contributed by atoms with E-state index in [1.54, 1.807) is 30.5 Å². The summed E-state index contributed by atoms with van der Waals surface area (Å²) in [5.74, 6) is 0.333. The number of piperidine rings is 1. The van der Waals surface area contributed by atoms with Crippen molar-refractivity contribution in [1.82, 2.24) is 14.6 Å². The number of aliphatic hydroxyl groups is 2. The first-order valence-electron chi connectivity index (χ1n) is 13.1. The summed E-state index contributed by atoms with van der Waals surface area (Å²) in [5, 5.41) is 23.3. The Balaban J connectivity index is 1.07. The van der Waals surface area contributed by atoms with Crippen LogP contribution in [0, 0.1) is 0 Å². The first-order chi connectivity index (χ1) is 18.6. The summed E-state index contributed by atoms with van der Waals surface area (Å²) in [5.41, 5.74) is -0.389. The van der Waals surface area contributed by atoms with Crippen LogP contribution in [0.3, 0.4) is 0 Å². The zero-order valence-electron chi connectivity index (χ0n) is 21.6. The van der Waals surface area contributed by atoms with Crippen LogP contribution in [-0.4, -0.2) is 98.3 Å². The number of ether oxygens (including phenoxy) is 2. The van der Waals surface area contributed by atoms with Gasteiger partial charge in [0.15, 0.2) is 9.84 Å². The lowest BCUT2D eigenvalue weighted by Gasteiger charge is -2.38. The Morgan fingerprint density at radius 1 is 1.10 bits per heavy atom. The molecule has 2 saturated heterocycles. The molecule has 3 aliphatic rings. The predicted molar refractivity (Wildman–Crippen MR) is 142 cm³/mol. The summed E-state index contributed by atoms with van der Waals surface area (Å²) in [6.07, 6.45) is 4.85. The normalized spacial score (nSPS) is 23.5. The molecule has 0 radical (unpaired) electrons. The van der Waals surface area contributed by atoms with Crippen LogP contribution in [0.2, 0.25) is 0 Å². The molecule has 1 spiro atoms. The summed E-state index contributed by atoms with van der Waals surface area (Å²) in [4.78, 5) is 4.21. The molecule has 214 valence electrons. The van der Waals surface area contributed by atoms with E-state index in [0.717, 1.165) is 0 Å². The molecule has 2 atom stereocenters. The summed E-state index contributed by atoms with van der Waals surface area (Å²) in [6.45, 7) is 1.04. The largest absolute Gasteiger partial charge is 0.491 e. The lowest BCUT2D eigenvalue weighted by atomic mass is 9.88. The average molecular weight is 582 g/mol. The molecule has 11 nitrogen and oxygen atoms in total. The zero-order valence-corrected chi connectivity index (χ0v) is 23.2. The molecule has 2 aromatic rings. The van der Waals surface area contributed by atoms with E-state index in [1.165, 1.54) is 22.6 Å². The molecule has 13 heteroatoms. The van der Waals surface area contributed by atoms with Crippen LogP contribution in [0.1, 0.15) is 32.1 Å². The third kappa shape index (κ3) is 5.85.